The number of aryl methyl sites for hydroxylation is 1. The number of rotatable bonds is 1. The third kappa shape index (κ3) is 5.46. The predicted octanol–water partition coefficient (Wildman–Crippen LogP) is 5.90. The number of amides is 1. The van der Waals surface area contributed by atoms with E-state index in [4.69, 9.17) is 21.1 Å². The molecule has 2 bridgehead atoms. The summed E-state index contributed by atoms with van der Waals surface area (Å²) in [6.07, 6.45) is 9.93. The van der Waals surface area contributed by atoms with Crippen molar-refractivity contribution in [2.75, 3.05) is 31.7 Å². The minimum atomic E-state index is -3.88. The number of anilines is 1. The Labute approximate surface area is 254 Å². The van der Waals surface area contributed by atoms with Gasteiger partial charge in [-0.3, -0.25) is 4.79 Å². The van der Waals surface area contributed by atoms with E-state index in [1.807, 2.05) is 31.2 Å². The van der Waals surface area contributed by atoms with E-state index in [2.05, 4.69) is 27.8 Å². The van der Waals surface area contributed by atoms with E-state index in [-0.39, 0.29) is 17.4 Å². The molecule has 6 rings (SSSR count). The highest BCUT2D eigenvalue weighted by Gasteiger charge is 2.44. The summed E-state index contributed by atoms with van der Waals surface area (Å²) in [5.74, 6) is 0.710. The largest absolute Gasteiger partial charge is 0.490 e. The maximum Gasteiger partial charge on any atom is 0.264 e. The molecule has 42 heavy (non-hydrogen) atoms. The number of halogens is 1. The summed E-state index contributed by atoms with van der Waals surface area (Å²) in [7, 11) is -2.13. The lowest BCUT2D eigenvalue weighted by molar-refractivity contribution is 0.0131. The number of hydrogen-bond acceptors (Lipinski definition) is 6. The van der Waals surface area contributed by atoms with E-state index in [1.54, 1.807) is 20.1 Å². The Kier molecular flexibility index (Phi) is 8.09. The molecular formula is C33H41ClN2O5S. The Bertz CT molecular complexity index is 1490. The Hall–Kier alpha value is -2.55. The van der Waals surface area contributed by atoms with Crippen molar-refractivity contribution < 1.29 is 22.7 Å². The van der Waals surface area contributed by atoms with E-state index >= 15 is 0 Å². The van der Waals surface area contributed by atoms with Gasteiger partial charge in [0.25, 0.3) is 5.91 Å². The van der Waals surface area contributed by atoms with Gasteiger partial charge in [-0.15, -0.1) is 0 Å². The second-order valence-electron chi connectivity index (χ2n) is 12.8. The highest BCUT2D eigenvalue weighted by molar-refractivity contribution is 7.90. The zero-order valence-electron chi connectivity index (χ0n) is 24.6. The summed E-state index contributed by atoms with van der Waals surface area (Å²) in [6.45, 7) is 5.63. The van der Waals surface area contributed by atoms with Crippen LogP contribution in [-0.4, -0.2) is 52.5 Å². The molecule has 1 N–H and O–H groups in total. The first-order valence-corrected chi connectivity index (χ1v) is 17.1. The number of allylic oxidation sites excluding steroid dienone is 1. The van der Waals surface area contributed by atoms with Crippen molar-refractivity contribution in [3.63, 3.8) is 0 Å². The number of sulfonamides is 1. The van der Waals surface area contributed by atoms with Crippen LogP contribution in [0, 0.1) is 17.8 Å². The zero-order chi connectivity index (χ0) is 29.6. The molecule has 1 fully saturated rings. The molecule has 0 aromatic heterocycles. The number of benzene rings is 2. The molecule has 1 saturated carbocycles. The van der Waals surface area contributed by atoms with Gasteiger partial charge in [0.15, 0.2) is 0 Å². The molecule has 6 atom stereocenters. The molecule has 0 unspecified atom stereocenters. The number of nitrogens with one attached hydrogen (secondary N) is 1. The molecule has 2 aromatic rings. The van der Waals surface area contributed by atoms with Crippen LogP contribution in [0.4, 0.5) is 5.69 Å². The first-order valence-electron chi connectivity index (χ1n) is 15.2. The van der Waals surface area contributed by atoms with Gasteiger partial charge in [-0.05, 0) is 105 Å². The predicted molar refractivity (Wildman–Crippen MR) is 166 cm³/mol. The average Bonchev–Trinajstić information content (AvgIpc) is 3.10. The molecule has 0 saturated heterocycles. The number of ether oxygens (including phenoxy) is 2. The summed E-state index contributed by atoms with van der Waals surface area (Å²) < 4.78 is 41.3. The molecule has 2 aliphatic heterocycles. The summed E-state index contributed by atoms with van der Waals surface area (Å²) in [5, 5.41) is 0.00998. The normalized spacial score (nSPS) is 33.3. The van der Waals surface area contributed by atoms with E-state index in [1.165, 1.54) is 11.1 Å². The van der Waals surface area contributed by atoms with E-state index in [0.29, 0.717) is 30.4 Å². The number of carbonyl (C=O) groups is 1. The minimum absolute atomic E-state index is 0.0315. The second-order valence-corrected chi connectivity index (χ2v) is 15.3. The molecule has 9 heteroatoms. The summed E-state index contributed by atoms with van der Waals surface area (Å²) >= 11 is 6.40. The van der Waals surface area contributed by atoms with Crippen LogP contribution in [0.5, 0.6) is 5.75 Å². The average molecular weight is 613 g/mol. The molecule has 1 spiro atoms. The van der Waals surface area contributed by atoms with Crippen LogP contribution < -0.4 is 14.4 Å². The lowest BCUT2D eigenvalue weighted by Gasteiger charge is -2.46. The number of nitrogens with zero attached hydrogens (tertiary/aromatic N) is 1. The van der Waals surface area contributed by atoms with Crippen LogP contribution in [0.2, 0.25) is 5.02 Å². The molecule has 4 aliphatic rings. The highest BCUT2D eigenvalue weighted by Crippen LogP contribution is 2.47. The van der Waals surface area contributed by atoms with Gasteiger partial charge in [-0.1, -0.05) is 36.7 Å². The Morgan fingerprint density at radius 2 is 1.98 bits per heavy atom. The topological polar surface area (TPSA) is 84.9 Å². The van der Waals surface area contributed by atoms with Crippen LogP contribution in [0.25, 0.3) is 0 Å². The molecule has 0 radical (unpaired) electrons. The van der Waals surface area contributed by atoms with E-state index in [9.17, 15) is 13.2 Å². The summed E-state index contributed by atoms with van der Waals surface area (Å²) in [5.41, 5.74) is 3.48. The number of hydrogen-bond donors (Lipinski definition) is 1. The van der Waals surface area contributed by atoms with Crippen molar-refractivity contribution in [2.45, 2.75) is 69.1 Å². The van der Waals surface area contributed by atoms with Crippen molar-refractivity contribution in [3.05, 3.63) is 70.3 Å². The lowest BCUT2D eigenvalue weighted by atomic mass is 9.68. The van der Waals surface area contributed by atoms with E-state index < -0.39 is 21.2 Å². The minimum Gasteiger partial charge on any atom is -0.490 e. The maximum atomic E-state index is 13.4. The number of fused-ring (bicyclic) bond motifs is 4. The smallest absolute Gasteiger partial charge is 0.264 e. The van der Waals surface area contributed by atoms with Crippen molar-refractivity contribution in [2.24, 2.45) is 17.8 Å². The highest BCUT2D eigenvalue weighted by atomic mass is 35.5. The van der Waals surface area contributed by atoms with Crippen LogP contribution in [-0.2, 0) is 26.6 Å². The molecule has 7 nitrogen and oxygen atoms in total. The fourth-order valence-electron chi connectivity index (χ4n) is 7.39. The zero-order valence-corrected chi connectivity index (χ0v) is 26.2. The monoisotopic (exact) mass is 612 g/mol. The fraction of sp³-hybridized carbons (Fsp3) is 0.545. The van der Waals surface area contributed by atoms with E-state index in [0.717, 1.165) is 61.7 Å². The van der Waals surface area contributed by atoms with Crippen LogP contribution in [0.15, 0.2) is 48.6 Å². The van der Waals surface area contributed by atoms with Crippen molar-refractivity contribution >= 4 is 33.2 Å². The third-order valence-electron chi connectivity index (χ3n) is 10.3. The van der Waals surface area contributed by atoms with Gasteiger partial charge in [0.1, 0.15) is 5.75 Å². The van der Waals surface area contributed by atoms with Crippen molar-refractivity contribution in [1.82, 2.24) is 4.72 Å². The van der Waals surface area contributed by atoms with Crippen LogP contribution in [0.1, 0.15) is 67.4 Å². The first kappa shape index (κ1) is 29.5. The molecule has 2 aromatic carbocycles. The van der Waals surface area contributed by atoms with Gasteiger partial charge >= 0.3 is 0 Å². The lowest BCUT2D eigenvalue weighted by Crippen LogP contribution is -2.49. The Balaban J connectivity index is 1.43. The van der Waals surface area contributed by atoms with Gasteiger partial charge in [0.2, 0.25) is 10.0 Å². The van der Waals surface area contributed by atoms with Crippen molar-refractivity contribution in [3.8, 4) is 5.75 Å². The van der Waals surface area contributed by atoms with Crippen molar-refractivity contribution in [1.29, 1.82) is 0 Å². The Morgan fingerprint density at radius 3 is 2.74 bits per heavy atom. The SMILES string of the molecule is CO[C@H]1/C=C\C[C@H](C)[C@@H](C)S(=O)(=O)NC(=O)c2ccc3c(c2)N(C[C@@H]2CC[C@H]21)C[C@@]1(CCCc2cc(Cl)ccc21)CO3. The Morgan fingerprint density at radius 1 is 1.14 bits per heavy atom. The molecular weight excluding hydrogens is 572 g/mol. The molecule has 2 aliphatic carbocycles. The van der Waals surface area contributed by atoms with Gasteiger partial charge in [0.05, 0.1) is 23.6 Å². The number of carbonyl (C=O) groups excluding carboxylic acids is 1. The first-order chi connectivity index (χ1) is 20.1. The van der Waals surface area contributed by atoms with Crippen LogP contribution in [0.3, 0.4) is 0 Å². The maximum absolute atomic E-state index is 13.4. The van der Waals surface area contributed by atoms with Gasteiger partial charge in [-0.25, -0.2) is 13.1 Å². The van der Waals surface area contributed by atoms with Gasteiger partial charge in [-0.2, -0.15) is 0 Å². The molecule has 2 heterocycles. The quantitative estimate of drug-likeness (QED) is 0.404. The molecule has 1 amide bonds. The fourth-order valence-corrected chi connectivity index (χ4v) is 8.87. The van der Waals surface area contributed by atoms with Gasteiger partial charge < -0.3 is 14.4 Å². The third-order valence-corrected chi connectivity index (χ3v) is 12.4. The number of methoxy groups -OCH3 is 1. The van der Waals surface area contributed by atoms with Crippen LogP contribution >= 0.6 is 11.6 Å². The second kappa shape index (κ2) is 11.5. The standard InChI is InChI=1S/C33H41ClN2O5S/c1-21-6-4-8-30(40-3)27-12-9-25(27)18-36-19-33(15-5-7-23-16-26(34)11-13-28(23)33)20-41-31-14-10-24(17-29(31)36)32(37)35-42(38,39)22(21)2/h4,8,10-11,13-14,16-17,21-22,25,27,30H,5-7,9,12,15,18-20H2,1-3H3,(H,35,37)/b8-4-/t21-,22+,25-,27+,30-,33-/m0/s1. The van der Waals surface area contributed by atoms with Gasteiger partial charge in [0, 0.05) is 36.2 Å². The summed E-state index contributed by atoms with van der Waals surface area (Å²) in [4.78, 5) is 15.7. The summed E-state index contributed by atoms with van der Waals surface area (Å²) in [6, 6.07) is 11.5. The molecule has 226 valence electrons.